The molecule has 0 spiro atoms. The smallest absolute Gasteiger partial charge is 0.307 e. The Morgan fingerprint density at radius 2 is 1.85 bits per heavy atom. The van der Waals surface area contributed by atoms with E-state index in [4.69, 9.17) is 5.11 Å². The van der Waals surface area contributed by atoms with Crippen molar-refractivity contribution < 1.29 is 19.1 Å². The summed E-state index contributed by atoms with van der Waals surface area (Å²) in [6.45, 7) is 0.0675. The predicted octanol–water partition coefficient (Wildman–Crippen LogP) is 2.11. The van der Waals surface area contributed by atoms with Gasteiger partial charge in [0.05, 0.1) is 11.8 Å². The van der Waals surface area contributed by atoms with E-state index in [0.717, 1.165) is 0 Å². The number of hydrogen-bond donors (Lipinski definition) is 2. The molecule has 2 rings (SSSR count). The molecule has 20 heavy (non-hydrogen) atoms. The summed E-state index contributed by atoms with van der Waals surface area (Å²) >= 11 is 0. The van der Waals surface area contributed by atoms with Crippen LogP contribution in [0.25, 0.3) is 0 Å². The van der Waals surface area contributed by atoms with Crippen molar-refractivity contribution in [2.24, 2.45) is 11.8 Å². The minimum absolute atomic E-state index is 0.0675. The van der Waals surface area contributed by atoms with Crippen LogP contribution in [0.3, 0.4) is 0 Å². The molecule has 5 heteroatoms. The number of carboxylic acids is 1. The van der Waals surface area contributed by atoms with E-state index in [1.54, 1.807) is 24.3 Å². The van der Waals surface area contributed by atoms with Crippen LogP contribution in [0.5, 0.6) is 0 Å². The highest BCUT2D eigenvalue weighted by atomic mass is 19.1. The van der Waals surface area contributed by atoms with Crippen molar-refractivity contribution in [1.82, 2.24) is 5.32 Å². The van der Waals surface area contributed by atoms with Crippen molar-refractivity contribution in [3.05, 3.63) is 47.8 Å². The maximum absolute atomic E-state index is 13.4. The minimum atomic E-state index is -0.972. The highest BCUT2D eigenvalue weighted by molar-refractivity contribution is 5.85. The number of carbonyl (C=O) groups is 2. The van der Waals surface area contributed by atoms with Gasteiger partial charge in [-0.15, -0.1) is 0 Å². The molecule has 0 saturated heterocycles. The van der Waals surface area contributed by atoms with Crippen molar-refractivity contribution in [2.45, 2.75) is 19.4 Å². The summed E-state index contributed by atoms with van der Waals surface area (Å²) in [6, 6.07) is 6.18. The molecule has 1 aliphatic rings. The van der Waals surface area contributed by atoms with Crippen LogP contribution in [-0.4, -0.2) is 17.0 Å². The van der Waals surface area contributed by atoms with Crippen LogP contribution in [0.4, 0.5) is 4.39 Å². The maximum atomic E-state index is 13.4. The summed E-state index contributed by atoms with van der Waals surface area (Å²) in [6.07, 6.45) is 4.35. The van der Waals surface area contributed by atoms with Crippen molar-refractivity contribution in [1.29, 1.82) is 0 Å². The van der Waals surface area contributed by atoms with Gasteiger partial charge in [-0.05, 0) is 18.9 Å². The second kappa shape index (κ2) is 6.32. The number of nitrogens with one attached hydrogen (secondary N) is 1. The number of allylic oxidation sites excluding steroid dienone is 2. The molecule has 1 aromatic rings. The van der Waals surface area contributed by atoms with Gasteiger partial charge in [-0.25, -0.2) is 4.39 Å². The Kier molecular flexibility index (Phi) is 4.50. The van der Waals surface area contributed by atoms with Crippen molar-refractivity contribution in [2.75, 3.05) is 0 Å². The molecule has 0 aliphatic heterocycles. The zero-order valence-corrected chi connectivity index (χ0v) is 10.9. The fourth-order valence-electron chi connectivity index (χ4n) is 2.33. The lowest BCUT2D eigenvalue weighted by Gasteiger charge is -2.24. The molecular formula is C15H16FNO3. The molecule has 0 bridgehead atoms. The number of carbonyl (C=O) groups excluding carboxylic acids is 1. The highest BCUT2D eigenvalue weighted by Crippen LogP contribution is 2.26. The summed E-state index contributed by atoms with van der Waals surface area (Å²) in [7, 11) is 0. The monoisotopic (exact) mass is 277 g/mol. The number of amides is 1. The van der Waals surface area contributed by atoms with Gasteiger partial charge < -0.3 is 10.4 Å². The number of benzene rings is 1. The van der Waals surface area contributed by atoms with Gasteiger partial charge in [-0.1, -0.05) is 30.4 Å². The predicted molar refractivity (Wildman–Crippen MR) is 71.2 cm³/mol. The molecule has 0 saturated carbocycles. The van der Waals surface area contributed by atoms with Gasteiger partial charge >= 0.3 is 5.97 Å². The zero-order chi connectivity index (χ0) is 14.5. The number of hydrogen-bond acceptors (Lipinski definition) is 2. The third-order valence-electron chi connectivity index (χ3n) is 3.50. The van der Waals surface area contributed by atoms with Crippen LogP contribution in [-0.2, 0) is 16.1 Å². The van der Waals surface area contributed by atoms with E-state index >= 15 is 0 Å². The first-order valence-corrected chi connectivity index (χ1v) is 6.48. The lowest BCUT2D eigenvalue weighted by atomic mass is 9.82. The first-order chi connectivity index (χ1) is 9.59. The molecule has 0 aromatic heterocycles. The highest BCUT2D eigenvalue weighted by Gasteiger charge is 2.33. The third-order valence-corrected chi connectivity index (χ3v) is 3.50. The fourth-order valence-corrected chi connectivity index (χ4v) is 2.33. The molecule has 0 fully saturated rings. The van der Waals surface area contributed by atoms with E-state index in [1.807, 2.05) is 6.08 Å². The Hall–Kier alpha value is -2.17. The molecule has 106 valence electrons. The van der Waals surface area contributed by atoms with Crippen LogP contribution in [0, 0.1) is 17.7 Å². The van der Waals surface area contributed by atoms with E-state index in [0.29, 0.717) is 18.4 Å². The van der Waals surface area contributed by atoms with Crippen molar-refractivity contribution in [3.8, 4) is 0 Å². The van der Waals surface area contributed by atoms with Crippen LogP contribution in [0.2, 0.25) is 0 Å². The zero-order valence-electron chi connectivity index (χ0n) is 10.9. The quantitative estimate of drug-likeness (QED) is 0.828. The van der Waals surface area contributed by atoms with E-state index in [2.05, 4.69) is 5.32 Å². The van der Waals surface area contributed by atoms with Crippen LogP contribution >= 0.6 is 0 Å². The molecule has 1 aliphatic carbocycles. The molecule has 2 atom stereocenters. The van der Waals surface area contributed by atoms with Crippen molar-refractivity contribution >= 4 is 11.9 Å². The normalized spacial score (nSPS) is 21.4. The molecule has 0 heterocycles. The molecule has 1 aromatic carbocycles. The van der Waals surface area contributed by atoms with Crippen molar-refractivity contribution in [3.63, 3.8) is 0 Å². The first kappa shape index (κ1) is 14.2. The molecule has 2 N–H and O–H groups in total. The third kappa shape index (κ3) is 3.23. The average molecular weight is 277 g/mol. The number of carboxylic acid groups (broad SMARTS) is 1. The van der Waals surface area contributed by atoms with Gasteiger partial charge in [-0.3, -0.25) is 9.59 Å². The van der Waals surface area contributed by atoms with Crippen LogP contribution in [0.1, 0.15) is 18.4 Å². The second-order valence-corrected chi connectivity index (χ2v) is 4.80. The average Bonchev–Trinajstić information content (AvgIpc) is 2.46. The minimum Gasteiger partial charge on any atom is -0.481 e. The van der Waals surface area contributed by atoms with E-state index in [1.165, 1.54) is 6.07 Å². The van der Waals surface area contributed by atoms with Gasteiger partial charge in [0.15, 0.2) is 0 Å². The number of halogens is 1. The molecular weight excluding hydrogens is 261 g/mol. The lowest BCUT2D eigenvalue weighted by Crippen LogP contribution is -2.38. The van der Waals surface area contributed by atoms with Crippen LogP contribution < -0.4 is 5.32 Å². The molecule has 4 nitrogen and oxygen atoms in total. The Labute approximate surface area is 116 Å². The van der Waals surface area contributed by atoms with E-state index < -0.39 is 17.8 Å². The molecule has 1 amide bonds. The summed E-state index contributed by atoms with van der Waals surface area (Å²) in [5.41, 5.74) is 0.388. The number of aliphatic carboxylic acids is 1. The Balaban J connectivity index is 1.99. The molecule has 0 unspecified atom stereocenters. The number of rotatable bonds is 4. The summed E-state index contributed by atoms with van der Waals surface area (Å²) in [4.78, 5) is 23.2. The standard InChI is InChI=1S/C15H16FNO3/c16-13-8-4-1-5-10(13)9-17-14(18)11-6-2-3-7-12(11)15(19)20/h1-5,8,11-12H,6-7,9H2,(H,17,18)(H,19,20)/t11-,12+/m1/s1. The molecule has 0 radical (unpaired) electrons. The second-order valence-electron chi connectivity index (χ2n) is 4.80. The van der Waals surface area contributed by atoms with Gasteiger partial charge in [-0.2, -0.15) is 0 Å². The maximum Gasteiger partial charge on any atom is 0.307 e. The van der Waals surface area contributed by atoms with Gasteiger partial charge in [0.1, 0.15) is 5.82 Å². The van der Waals surface area contributed by atoms with E-state index in [-0.39, 0.29) is 18.3 Å². The van der Waals surface area contributed by atoms with Gasteiger partial charge in [0.2, 0.25) is 5.91 Å². The summed E-state index contributed by atoms with van der Waals surface area (Å²) < 4.78 is 13.4. The van der Waals surface area contributed by atoms with Crippen LogP contribution in [0.15, 0.2) is 36.4 Å². The first-order valence-electron chi connectivity index (χ1n) is 6.48. The fraction of sp³-hybridized carbons (Fsp3) is 0.333. The Morgan fingerprint density at radius 3 is 2.50 bits per heavy atom. The lowest BCUT2D eigenvalue weighted by molar-refractivity contribution is -0.147. The van der Waals surface area contributed by atoms with Gasteiger partial charge in [0, 0.05) is 12.1 Å². The van der Waals surface area contributed by atoms with E-state index in [9.17, 15) is 14.0 Å². The Bertz CT molecular complexity index is 542. The van der Waals surface area contributed by atoms with Gasteiger partial charge in [0.25, 0.3) is 0 Å². The topological polar surface area (TPSA) is 66.4 Å². The SMILES string of the molecule is O=C(O)[C@H]1CC=CC[C@H]1C(=O)NCc1ccccc1F. The largest absolute Gasteiger partial charge is 0.481 e. The summed E-state index contributed by atoms with van der Waals surface area (Å²) in [5.74, 6) is -3.00. The summed E-state index contributed by atoms with van der Waals surface area (Å²) in [5, 5.41) is 11.7. The Morgan fingerprint density at radius 1 is 1.20 bits per heavy atom.